The lowest BCUT2D eigenvalue weighted by Crippen LogP contribution is -2.58. The Bertz CT molecular complexity index is 280. The Hall–Kier alpha value is -0.120. The quantitative estimate of drug-likeness (QED) is 0.836. The Balaban J connectivity index is 2.10. The molecule has 1 heterocycles. The maximum absolute atomic E-state index is 5.76. The number of hydrogen-bond donors (Lipinski definition) is 1. The van der Waals surface area contributed by atoms with E-state index in [1.807, 2.05) is 0 Å². The van der Waals surface area contributed by atoms with Gasteiger partial charge in [-0.15, -0.1) is 0 Å². The highest BCUT2D eigenvalue weighted by Gasteiger charge is 2.45. The fraction of sp³-hybridized carbons (Fsp3) is 1.00. The van der Waals surface area contributed by atoms with Crippen molar-refractivity contribution < 1.29 is 4.74 Å². The summed E-state index contributed by atoms with van der Waals surface area (Å²) >= 11 is 0. The van der Waals surface area contributed by atoms with E-state index in [0.29, 0.717) is 29.6 Å². The molecule has 1 aliphatic carbocycles. The Morgan fingerprint density at radius 2 is 2.06 bits per heavy atom. The van der Waals surface area contributed by atoms with Gasteiger partial charge in [-0.25, -0.2) is 0 Å². The first-order chi connectivity index (χ1) is 8.45. The first-order valence-electron chi connectivity index (χ1n) is 7.56. The van der Waals surface area contributed by atoms with Gasteiger partial charge in [-0.05, 0) is 38.6 Å². The summed E-state index contributed by atoms with van der Waals surface area (Å²) in [5, 5.41) is 3.74. The molecular formula is C15H30N2O. The number of nitrogens with zero attached hydrogens (tertiary/aromatic N) is 1. The fourth-order valence-corrected chi connectivity index (χ4v) is 3.74. The summed E-state index contributed by atoms with van der Waals surface area (Å²) in [6.45, 7) is 14.6. The largest absolute Gasteiger partial charge is 0.376 e. The van der Waals surface area contributed by atoms with E-state index in [0.717, 1.165) is 19.7 Å². The molecule has 1 saturated heterocycles. The van der Waals surface area contributed by atoms with Crippen LogP contribution in [0.2, 0.25) is 0 Å². The first-order valence-corrected chi connectivity index (χ1v) is 7.56. The van der Waals surface area contributed by atoms with Crippen molar-refractivity contribution >= 4 is 0 Å². The van der Waals surface area contributed by atoms with Gasteiger partial charge in [0.25, 0.3) is 0 Å². The van der Waals surface area contributed by atoms with Gasteiger partial charge in [-0.3, -0.25) is 4.90 Å². The molecule has 3 nitrogen and oxygen atoms in total. The van der Waals surface area contributed by atoms with Crippen LogP contribution in [0.3, 0.4) is 0 Å². The molecule has 1 N–H and O–H groups in total. The van der Waals surface area contributed by atoms with Crippen LogP contribution in [0.4, 0.5) is 0 Å². The van der Waals surface area contributed by atoms with Gasteiger partial charge in [0.15, 0.2) is 0 Å². The van der Waals surface area contributed by atoms with Gasteiger partial charge < -0.3 is 10.1 Å². The number of ether oxygens (including phenoxy) is 1. The van der Waals surface area contributed by atoms with Crippen LogP contribution in [0, 0.1) is 5.41 Å². The third-order valence-corrected chi connectivity index (χ3v) is 4.82. The molecule has 0 spiro atoms. The number of nitrogens with one attached hydrogen (secondary N) is 1. The second-order valence-corrected chi connectivity index (χ2v) is 6.82. The molecule has 1 aliphatic heterocycles. The van der Waals surface area contributed by atoms with Gasteiger partial charge in [-0.1, -0.05) is 20.8 Å². The van der Waals surface area contributed by atoms with E-state index in [9.17, 15) is 0 Å². The molecule has 0 aromatic carbocycles. The van der Waals surface area contributed by atoms with Crippen LogP contribution < -0.4 is 5.32 Å². The minimum Gasteiger partial charge on any atom is -0.376 e. The van der Waals surface area contributed by atoms with Crippen LogP contribution in [0.15, 0.2) is 0 Å². The summed E-state index contributed by atoms with van der Waals surface area (Å²) in [4.78, 5) is 2.69. The van der Waals surface area contributed by atoms with Gasteiger partial charge in [-0.2, -0.15) is 0 Å². The van der Waals surface area contributed by atoms with Crippen molar-refractivity contribution in [2.75, 3.05) is 19.7 Å². The monoisotopic (exact) mass is 254 g/mol. The summed E-state index contributed by atoms with van der Waals surface area (Å²) in [5.74, 6) is 0. The molecule has 0 bridgehead atoms. The first kappa shape index (κ1) is 14.3. The van der Waals surface area contributed by atoms with Gasteiger partial charge >= 0.3 is 0 Å². The van der Waals surface area contributed by atoms with Crippen LogP contribution in [0.1, 0.15) is 47.5 Å². The lowest BCUT2D eigenvalue weighted by molar-refractivity contribution is -0.0706. The lowest BCUT2D eigenvalue weighted by atomic mass is 9.86. The minimum absolute atomic E-state index is 0.382. The second-order valence-electron chi connectivity index (χ2n) is 6.82. The van der Waals surface area contributed by atoms with Gasteiger partial charge in [0, 0.05) is 24.7 Å². The zero-order valence-corrected chi connectivity index (χ0v) is 12.7. The van der Waals surface area contributed by atoms with Crippen molar-refractivity contribution in [1.29, 1.82) is 0 Å². The Morgan fingerprint density at radius 1 is 1.33 bits per heavy atom. The summed E-state index contributed by atoms with van der Waals surface area (Å²) in [6.07, 6.45) is 3.03. The number of rotatable bonds is 3. The topological polar surface area (TPSA) is 24.5 Å². The fourth-order valence-electron chi connectivity index (χ4n) is 3.74. The van der Waals surface area contributed by atoms with E-state index in [2.05, 4.69) is 44.8 Å². The molecule has 2 aliphatic rings. The summed E-state index contributed by atoms with van der Waals surface area (Å²) < 4.78 is 5.76. The second kappa shape index (κ2) is 5.48. The Kier molecular flexibility index (Phi) is 4.35. The van der Waals surface area contributed by atoms with Crippen molar-refractivity contribution in [3.8, 4) is 0 Å². The molecule has 0 amide bonds. The molecule has 2 fully saturated rings. The van der Waals surface area contributed by atoms with Crippen molar-refractivity contribution in [1.82, 2.24) is 10.2 Å². The van der Waals surface area contributed by atoms with E-state index in [1.165, 1.54) is 12.8 Å². The SMILES string of the molecule is CCNC1C(N2CC(C)OCC2C)CCC1(C)C. The van der Waals surface area contributed by atoms with E-state index in [1.54, 1.807) is 0 Å². The van der Waals surface area contributed by atoms with E-state index < -0.39 is 0 Å². The van der Waals surface area contributed by atoms with Crippen molar-refractivity contribution in [2.24, 2.45) is 5.41 Å². The highest BCUT2D eigenvalue weighted by Crippen LogP contribution is 2.41. The highest BCUT2D eigenvalue weighted by molar-refractivity contribution is 5.02. The molecule has 18 heavy (non-hydrogen) atoms. The predicted molar refractivity (Wildman–Crippen MR) is 75.8 cm³/mol. The molecule has 0 radical (unpaired) electrons. The summed E-state index contributed by atoms with van der Waals surface area (Å²) in [7, 11) is 0. The van der Waals surface area contributed by atoms with Gasteiger partial charge in [0.05, 0.1) is 12.7 Å². The average Bonchev–Trinajstić information content (AvgIpc) is 2.59. The third-order valence-electron chi connectivity index (χ3n) is 4.82. The molecule has 106 valence electrons. The maximum Gasteiger partial charge on any atom is 0.0674 e. The standard InChI is InChI=1S/C15H30N2O/c1-6-16-14-13(7-8-15(14,4)5)17-9-12(3)18-10-11(17)2/h11-14,16H,6-10H2,1-5H3. The van der Waals surface area contributed by atoms with E-state index in [4.69, 9.17) is 4.74 Å². The molecular weight excluding hydrogens is 224 g/mol. The molecule has 3 heteroatoms. The maximum atomic E-state index is 5.76. The third kappa shape index (κ3) is 2.73. The van der Waals surface area contributed by atoms with Crippen molar-refractivity contribution in [3.05, 3.63) is 0 Å². The average molecular weight is 254 g/mol. The van der Waals surface area contributed by atoms with Crippen LogP contribution in [0.5, 0.6) is 0 Å². The van der Waals surface area contributed by atoms with Crippen LogP contribution in [-0.2, 0) is 4.74 Å². The normalized spacial score (nSPS) is 41.2. The molecule has 4 atom stereocenters. The highest BCUT2D eigenvalue weighted by atomic mass is 16.5. The van der Waals surface area contributed by atoms with Crippen molar-refractivity contribution in [3.63, 3.8) is 0 Å². The van der Waals surface area contributed by atoms with Crippen molar-refractivity contribution in [2.45, 2.75) is 71.7 Å². The zero-order valence-electron chi connectivity index (χ0n) is 12.7. The summed E-state index contributed by atoms with van der Waals surface area (Å²) in [6, 6.07) is 1.86. The smallest absolute Gasteiger partial charge is 0.0674 e. The lowest BCUT2D eigenvalue weighted by Gasteiger charge is -2.44. The molecule has 1 saturated carbocycles. The number of morpholine rings is 1. The van der Waals surface area contributed by atoms with Crippen LogP contribution in [-0.4, -0.2) is 48.8 Å². The Morgan fingerprint density at radius 3 is 2.72 bits per heavy atom. The van der Waals surface area contributed by atoms with Crippen LogP contribution in [0.25, 0.3) is 0 Å². The number of likely N-dealkylation sites (N-methyl/N-ethyl adjacent to an activating group) is 1. The minimum atomic E-state index is 0.382. The molecule has 0 aromatic heterocycles. The zero-order chi connectivity index (χ0) is 13.3. The van der Waals surface area contributed by atoms with E-state index in [-0.39, 0.29) is 0 Å². The van der Waals surface area contributed by atoms with Gasteiger partial charge in [0.1, 0.15) is 0 Å². The Labute approximate surface area is 112 Å². The number of hydrogen-bond acceptors (Lipinski definition) is 3. The molecule has 0 aromatic rings. The summed E-state index contributed by atoms with van der Waals surface area (Å²) in [5.41, 5.74) is 0.419. The molecule has 4 unspecified atom stereocenters. The molecule has 2 rings (SSSR count). The predicted octanol–water partition coefficient (Wildman–Crippen LogP) is 2.26. The van der Waals surface area contributed by atoms with Gasteiger partial charge in [0.2, 0.25) is 0 Å². The van der Waals surface area contributed by atoms with E-state index >= 15 is 0 Å². The van der Waals surface area contributed by atoms with Crippen LogP contribution >= 0.6 is 0 Å².